The molecule has 1 fully saturated rings. The van der Waals surface area contributed by atoms with Gasteiger partial charge in [0.1, 0.15) is 17.1 Å². The van der Waals surface area contributed by atoms with E-state index in [9.17, 15) is 20.0 Å². The molecule has 36 heavy (non-hydrogen) atoms. The van der Waals surface area contributed by atoms with Crippen LogP contribution in [0.3, 0.4) is 0 Å². The highest BCUT2D eigenvalue weighted by atomic mass is 32.2. The third-order valence-corrected chi connectivity index (χ3v) is 8.78. The molecule has 0 amide bonds. The highest BCUT2D eigenvalue weighted by molar-refractivity contribution is 8.02. The molecule has 1 saturated carbocycles. The Kier molecular flexibility index (Phi) is 8.02. The molecule has 7 nitrogen and oxygen atoms in total. The smallest absolute Gasteiger partial charge is 0.348 e. The molecular weight excluding hydrogens is 496 g/mol. The van der Waals surface area contributed by atoms with Crippen molar-refractivity contribution < 1.29 is 14.4 Å². The number of nitrogens with zero attached hydrogens (tertiary/aromatic N) is 1. The van der Waals surface area contributed by atoms with Gasteiger partial charge in [-0.2, -0.15) is 0 Å². The minimum absolute atomic E-state index is 0.104. The van der Waals surface area contributed by atoms with Crippen molar-refractivity contribution in [3.05, 3.63) is 96.8 Å². The van der Waals surface area contributed by atoms with E-state index < -0.39 is 16.7 Å². The van der Waals surface area contributed by atoms with Crippen LogP contribution in [0.15, 0.2) is 69.2 Å². The summed E-state index contributed by atoms with van der Waals surface area (Å²) in [4.78, 5) is 25.8. The Labute approximate surface area is 218 Å². The molecule has 0 bridgehead atoms. The summed E-state index contributed by atoms with van der Waals surface area (Å²) >= 11 is 2.52. The zero-order valence-electron chi connectivity index (χ0n) is 20.4. The van der Waals surface area contributed by atoms with E-state index in [1.807, 2.05) is 18.2 Å². The second kappa shape index (κ2) is 11.0. The normalized spacial score (nSPS) is 15.8. The molecule has 2 aromatic heterocycles. The lowest BCUT2D eigenvalue weighted by atomic mass is 9.72. The molecule has 2 unspecified atom stereocenters. The summed E-state index contributed by atoms with van der Waals surface area (Å²) in [5.74, 6) is 0.833. The van der Waals surface area contributed by atoms with Gasteiger partial charge in [0.2, 0.25) is 0 Å². The van der Waals surface area contributed by atoms with E-state index in [4.69, 9.17) is 4.42 Å². The molecule has 2 heterocycles. The third kappa shape index (κ3) is 5.43. The average molecular weight is 527 g/mol. The molecule has 0 aliphatic heterocycles. The zero-order chi connectivity index (χ0) is 25.9. The van der Waals surface area contributed by atoms with Crippen LogP contribution in [0.4, 0.5) is 0 Å². The summed E-state index contributed by atoms with van der Waals surface area (Å²) < 4.78 is 5.93. The number of aromatic hydroxyl groups is 1. The highest BCUT2D eigenvalue weighted by Gasteiger charge is 2.47. The van der Waals surface area contributed by atoms with E-state index >= 15 is 0 Å². The van der Waals surface area contributed by atoms with Crippen LogP contribution in [0.2, 0.25) is 0 Å². The number of benzene rings is 1. The van der Waals surface area contributed by atoms with Crippen LogP contribution in [0.25, 0.3) is 10.4 Å². The predicted molar refractivity (Wildman–Crippen MR) is 145 cm³/mol. The lowest BCUT2D eigenvalue weighted by Gasteiger charge is -2.32. The minimum Gasteiger partial charge on any atom is -0.507 e. The Morgan fingerprint density at radius 1 is 1.33 bits per heavy atom. The van der Waals surface area contributed by atoms with Gasteiger partial charge in [0.05, 0.1) is 4.91 Å². The van der Waals surface area contributed by atoms with Gasteiger partial charge >= 0.3 is 5.63 Å². The quantitative estimate of drug-likeness (QED) is 0.171. The average Bonchev–Trinajstić information content (AvgIpc) is 3.62. The van der Waals surface area contributed by atoms with Crippen molar-refractivity contribution in [2.45, 2.75) is 50.7 Å². The Morgan fingerprint density at radius 3 is 2.64 bits per heavy atom. The lowest BCUT2D eigenvalue weighted by Crippen LogP contribution is -2.36. The molecule has 1 aliphatic carbocycles. The summed E-state index contributed by atoms with van der Waals surface area (Å²) in [6, 6.07) is 15.3. The molecule has 0 saturated heterocycles. The SMILES string of the molecule is C=C(SC)C(NCc1ccc(-c2c(O)cc(C(CC)(Cc3ccccc3)C3CC3)oc2=O)s1)[N+](=O)[O-]. The Morgan fingerprint density at radius 2 is 2.06 bits per heavy atom. The standard InChI is InChI=1S/C27H30N2O5S2/c1-4-27(19-10-11-19,15-18-8-6-5-7-9-18)23-14-21(30)24(26(31)34-23)22-13-12-20(36-22)16-28-25(29(32)33)17(2)35-3/h5-9,12-14,19,25,28,30H,2,4,10-11,15-16H2,1,3H3. The van der Waals surface area contributed by atoms with Gasteiger partial charge in [-0.15, -0.1) is 23.1 Å². The molecule has 2 N–H and O–H groups in total. The van der Waals surface area contributed by atoms with Crippen LogP contribution in [0.5, 0.6) is 5.75 Å². The van der Waals surface area contributed by atoms with Gasteiger partial charge in [0.25, 0.3) is 6.17 Å². The maximum atomic E-state index is 13.2. The van der Waals surface area contributed by atoms with Crippen LogP contribution < -0.4 is 10.9 Å². The summed E-state index contributed by atoms with van der Waals surface area (Å²) in [7, 11) is 0. The number of hydrogen-bond donors (Lipinski definition) is 2. The van der Waals surface area contributed by atoms with Crippen molar-refractivity contribution in [1.82, 2.24) is 5.32 Å². The number of hydrogen-bond acceptors (Lipinski definition) is 8. The van der Waals surface area contributed by atoms with E-state index in [1.165, 1.54) is 28.7 Å². The number of nitro groups is 1. The van der Waals surface area contributed by atoms with E-state index in [0.29, 0.717) is 21.5 Å². The Hall–Kier alpha value is -2.88. The van der Waals surface area contributed by atoms with Crippen molar-refractivity contribution in [1.29, 1.82) is 0 Å². The van der Waals surface area contributed by atoms with Crippen LogP contribution in [0, 0.1) is 16.0 Å². The van der Waals surface area contributed by atoms with E-state index in [0.717, 1.165) is 30.6 Å². The monoisotopic (exact) mass is 526 g/mol. The molecule has 1 aliphatic rings. The fraction of sp³-hybridized carbons (Fsp3) is 0.370. The summed E-state index contributed by atoms with van der Waals surface area (Å²) in [6.07, 6.45) is 4.35. The highest BCUT2D eigenvalue weighted by Crippen LogP contribution is 2.52. The van der Waals surface area contributed by atoms with Crippen LogP contribution >= 0.6 is 23.1 Å². The van der Waals surface area contributed by atoms with Crippen molar-refractivity contribution in [2.75, 3.05) is 6.26 Å². The van der Waals surface area contributed by atoms with E-state index in [1.54, 1.807) is 24.5 Å². The Balaban J connectivity index is 1.61. The minimum atomic E-state index is -1.07. The van der Waals surface area contributed by atoms with Gasteiger partial charge in [0.15, 0.2) is 0 Å². The zero-order valence-corrected chi connectivity index (χ0v) is 22.0. The van der Waals surface area contributed by atoms with Gasteiger partial charge in [0, 0.05) is 32.7 Å². The predicted octanol–water partition coefficient (Wildman–Crippen LogP) is 5.94. The van der Waals surface area contributed by atoms with E-state index in [2.05, 4.69) is 31.0 Å². The third-order valence-electron chi connectivity index (χ3n) is 6.93. The van der Waals surface area contributed by atoms with Crippen LogP contribution in [-0.4, -0.2) is 22.5 Å². The molecule has 0 radical (unpaired) electrons. The molecule has 190 valence electrons. The van der Waals surface area contributed by atoms with Crippen molar-refractivity contribution in [3.63, 3.8) is 0 Å². The fourth-order valence-corrected chi connectivity index (χ4v) is 6.18. The van der Waals surface area contributed by atoms with E-state index in [-0.39, 0.29) is 23.3 Å². The van der Waals surface area contributed by atoms with Gasteiger partial charge in [-0.1, -0.05) is 43.8 Å². The maximum absolute atomic E-state index is 13.2. The molecule has 9 heteroatoms. The van der Waals surface area contributed by atoms with Gasteiger partial charge in [-0.25, -0.2) is 10.1 Å². The second-order valence-electron chi connectivity index (χ2n) is 9.11. The van der Waals surface area contributed by atoms with Gasteiger partial charge in [-0.3, -0.25) is 10.1 Å². The van der Waals surface area contributed by atoms with Crippen LogP contribution in [-0.2, 0) is 18.4 Å². The number of rotatable bonds is 12. The summed E-state index contributed by atoms with van der Waals surface area (Å²) in [6.45, 7) is 6.08. The van der Waals surface area contributed by atoms with Crippen LogP contribution in [0.1, 0.15) is 42.4 Å². The first-order valence-electron chi connectivity index (χ1n) is 11.9. The molecular formula is C27H30N2O5S2. The number of thioether (sulfide) groups is 1. The Bertz CT molecular complexity index is 1300. The molecule has 1 aromatic carbocycles. The van der Waals surface area contributed by atoms with Crippen molar-refractivity contribution >= 4 is 23.1 Å². The first kappa shape index (κ1) is 26.2. The molecule has 4 rings (SSSR count). The van der Waals surface area contributed by atoms with Crippen molar-refractivity contribution in [3.8, 4) is 16.2 Å². The summed E-state index contributed by atoms with van der Waals surface area (Å²) in [5, 5.41) is 25.2. The maximum Gasteiger partial charge on any atom is 0.348 e. The van der Waals surface area contributed by atoms with Crippen molar-refractivity contribution in [2.24, 2.45) is 5.92 Å². The first-order chi connectivity index (χ1) is 17.3. The number of thiophene rings is 1. The fourth-order valence-electron chi connectivity index (χ4n) is 4.79. The van der Waals surface area contributed by atoms with Gasteiger partial charge < -0.3 is 9.52 Å². The molecule has 2 atom stereocenters. The lowest BCUT2D eigenvalue weighted by molar-refractivity contribution is -0.517. The second-order valence-corrected chi connectivity index (χ2v) is 11.2. The topological polar surface area (TPSA) is 106 Å². The largest absolute Gasteiger partial charge is 0.507 e. The first-order valence-corrected chi connectivity index (χ1v) is 13.9. The summed E-state index contributed by atoms with van der Waals surface area (Å²) in [5.41, 5.74) is 0.370. The number of nitrogens with one attached hydrogen (secondary N) is 1. The molecule has 3 aromatic rings. The molecule has 0 spiro atoms. The van der Waals surface area contributed by atoms with Gasteiger partial charge in [-0.05, 0) is 55.6 Å².